The molecule has 0 spiro atoms. The summed E-state index contributed by atoms with van der Waals surface area (Å²) in [4.78, 5) is 2.45. The fourth-order valence-corrected chi connectivity index (χ4v) is 2.29. The Morgan fingerprint density at radius 1 is 1.07 bits per heavy atom. The molecule has 2 rings (SSSR count). The predicted molar refractivity (Wildman–Crippen MR) is 60.4 cm³/mol. The van der Waals surface area contributed by atoms with Gasteiger partial charge in [0.2, 0.25) is 0 Å². The summed E-state index contributed by atoms with van der Waals surface area (Å²) < 4.78 is 0. The number of hydrogen-bond acceptors (Lipinski definition) is 2. The van der Waals surface area contributed by atoms with Gasteiger partial charge in [-0.3, -0.25) is 0 Å². The van der Waals surface area contributed by atoms with Gasteiger partial charge in [-0.15, -0.1) is 0 Å². The summed E-state index contributed by atoms with van der Waals surface area (Å²) >= 11 is 0. The lowest BCUT2D eigenvalue weighted by molar-refractivity contribution is 0.211. The van der Waals surface area contributed by atoms with Gasteiger partial charge in [0.25, 0.3) is 0 Å². The van der Waals surface area contributed by atoms with Crippen LogP contribution in [-0.2, 0) is 0 Å². The van der Waals surface area contributed by atoms with Crippen molar-refractivity contribution in [3.63, 3.8) is 0 Å². The van der Waals surface area contributed by atoms with Crippen LogP contribution in [0.5, 0.6) is 0 Å². The van der Waals surface area contributed by atoms with Gasteiger partial charge in [0.05, 0.1) is 0 Å². The second-order valence-electron chi connectivity index (χ2n) is 5.18. The van der Waals surface area contributed by atoms with Crippen molar-refractivity contribution in [2.75, 3.05) is 33.2 Å². The van der Waals surface area contributed by atoms with Gasteiger partial charge in [-0.2, -0.15) is 0 Å². The molecule has 0 aromatic carbocycles. The standard InChI is InChI=1S/C12H24N2/c1-14-8-5-11(6-9-14)4-7-13-10-12-2-3-12/h11-13H,2-10H2,1H3. The van der Waals surface area contributed by atoms with Crippen molar-refractivity contribution in [1.29, 1.82) is 0 Å². The molecule has 1 saturated carbocycles. The lowest BCUT2D eigenvalue weighted by Gasteiger charge is -2.28. The summed E-state index contributed by atoms with van der Waals surface area (Å²) in [5.74, 6) is 2.03. The molecule has 2 heteroatoms. The maximum atomic E-state index is 3.59. The van der Waals surface area contributed by atoms with E-state index in [1.807, 2.05) is 0 Å². The Bertz CT molecular complexity index is 158. The highest BCUT2D eigenvalue weighted by Crippen LogP contribution is 2.27. The third-order valence-corrected chi connectivity index (χ3v) is 3.70. The van der Waals surface area contributed by atoms with Crippen LogP contribution in [0.25, 0.3) is 0 Å². The lowest BCUT2D eigenvalue weighted by Crippen LogP contribution is -2.31. The van der Waals surface area contributed by atoms with Crippen molar-refractivity contribution >= 4 is 0 Å². The minimum atomic E-state index is 0.998. The SMILES string of the molecule is CN1CCC(CCNCC2CC2)CC1. The van der Waals surface area contributed by atoms with E-state index < -0.39 is 0 Å². The molecule has 82 valence electrons. The Balaban J connectivity index is 1.47. The molecule has 1 aliphatic heterocycles. The van der Waals surface area contributed by atoms with E-state index >= 15 is 0 Å². The van der Waals surface area contributed by atoms with E-state index in [0.29, 0.717) is 0 Å². The molecule has 2 fully saturated rings. The highest BCUT2D eigenvalue weighted by molar-refractivity contribution is 4.76. The van der Waals surface area contributed by atoms with E-state index in [2.05, 4.69) is 17.3 Å². The average molecular weight is 196 g/mol. The first kappa shape index (κ1) is 10.4. The molecule has 0 aromatic rings. The zero-order chi connectivity index (χ0) is 9.80. The molecule has 0 aromatic heterocycles. The molecule has 1 aliphatic carbocycles. The smallest absolute Gasteiger partial charge is 0.00191 e. The first-order valence-electron chi connectivity index (χ1n) is 6.24. The maximum Gasteiger partial charge on any atom is -0.00191 e. The Morgan fingerprint density at radius 3 is 2.43 bits per heavy atom. The monoisotopic (exact) mass is 196 g/mol. The summed E-state index contributed by atoms with van der Waals surface area (Å²) in [5.41, 5.74) is 0. The fraction of sp³-hybridized carbons (Fsp3) is 1.00. The Labute approximate surface area is 88.1 Å². The number of hydrogen-bond donors (Lipinski definition) is 1. The van der Waals surface area contributed by atoms with E-state index in [4.69, 9.17) is 0 Å². The topological polar surface area (TPSA) is 15.3 Å². The largest absolute Gasteiger partial charge is 0.316 e. The van der Waals surface area contributed by atoms with Gasteiger partial charge in [-0.25, -0.2) is 0 Å². The van der Waals surface area contributed by atoms with Crippen LogP contribution in [0.15, 0.2) is 0 Å². The quantitative estimate of drug-likeness (QED) is 0.674. The third-order valence-electron chi connectivity index (χ3n) is 3.70. The molecular formula is C12H24N2. The van der Waals surface area contributed by atoms with Crippen LogP contribution in [0.3, 0.4) is 0 Å². The summed E-state index contributed by atoms with van der Waals surface area (Å²) in [6.45, 7) is 5.16. The van der Waals surface area contributed by atoms with E-state index in [9.17, 15) is 0 Å². The molecule has 0 radical (unpaired) electrons. The van der Waals surface area contributed by atoms with Crippen LogP contribution in [0.4, 0.5) is 0 Å². The van der Waals surface area contributed by atoms with Crippen molar-refractivity contribution in [3.8, 4) is 0 Å². The highest BCUT2D eigenvalue weighted by Gasteiger charge is 2.20. The second-order valence-corrected chi connectivity index (χ2v) is 5.18. The van der Waals surface area contributed by atoms with Crippen LogP contribution in [0.2, 0.25) is 0 Å². The lowest BCUT2D eigenvalue weighted by atomic mass is 9.94. The van der Waals surface area contributed by atoms with E-state index in [1.165, 1.54) is 58.3 Å². The molecular weight excluding hydrogens is 172 g/mol. The van der Waals surface area contributed by atoms with Crippen molar-refractivity contribution in [2.24, 2.45) is 11.8 Å². The van der Waals surface area contributed by atoms with Gasteiger partial charge < -0.3 is 10.2 Å². The van der Waals surface area contributed by atoms with Crippen LogP contribution >= 0.6 is 0 Å². The zero-order valence-electron chi connectivity index (χ0n) is 9.47. The van der Waals surface area contributed by atoms with Crippen molar-refractivity contribution < 1.29 is 0 Å². The Kier molecular flexibility index (Phi) is 3.82. The molecule has 1 saturated heterocycles. The fourth-order valence-electron chi connectivity index (χ4n) is 2.29. The van der Waals surface area contributed by atoms with Crippen LogP contribution in [0, 0.1) is 11.8 Å². The van der Waals surface area contributed by atoms with E-state index in [1.54, 1.807) is 0 Å². The average Bonchev–Trinajstić information content (AvgIpc) is 2.99. The Morgan fingerprint density at radius 2 is 1.79 bits per heavy atom. The van der Waals surface area contributed by atoms with Gasteiger partial charge in [-0.05, 0) is 77.2 Å². The highest BCUT2D eigenvalue weighted by atomic mass is 15.1. The first-order chi connectivity index (χ1) is 6.84. The summed E-state index contributed by atoms with van der Waals surface area (Å²) in [5, 5.41) is 3.59. The molecule has 1 heterocycles. The number of piperidine rings is 1. The van der Waals surface area contributed by atoms with Gasteiger partial charge in [-0.1, -0.05) is 0 Å². The minimum absolute atomic E-state index is 0.998. The van der Waals surface area contributed by atoms with Crippen molar-refractivity contribution in [1.82, 2.24) is 10.2 Å². The predicted octanol–water partition coefficient (Wildman–Crippen LogP) is 1.72. The molecule has 0 bridgehead atoms. The third kappa shape index (κ3) is 3.58. The first-order valence-corrected chi connectivity index (χ1v) is 6.24. The van der Waals surface area contributed by atoms with Gasteiger partial charge in [0, 0.05) is 0 Å². The number of rotatable bonds is 5. The number of likely N-dealkylation sites (tertiary alicyclic amines) is 1. The van der Waals surface area contributed by atoms with Gasteiger partial charge in [0.1, 0.15) is 0 Å². The molecule has 14 heavy (non-hydrogen) atoms. The van der Waals surface area contributed by atoms with Gasteiger partial charge in [0.15, 0.2) is 0 Å². The Hall–Kier alpha value is -0.0800. The number of nitrogens with zero attached hydrogens (tertiary/aromatic N) is 1. The molecule has 0 unspecified atom stereocenters. The zero-order valence-corrected chi connectivity index (χ0v) is 9.47. The van der Waals surface area contributed by atoms with Crippen molar-refractivity contribution in [2.45, 2.75) is 32.1 Å². The normalized spacial score (nSPS) is 25.5. The summed E-state index contributed by atoms with van der Waals surface area (Å²) in [6.07, 6.45) is 7.19. The molecule has 1 N–H and O–H groups in total. The second kappa shape index (κ2) is 5.13. The summed E-state index contributed by atoms with van der Waals surface area (Å²) in [7, 11) is 2.24. The van der Waals surface area contributed by atoms with Crippen LogP contribution in [0.1, 0.15) is 32.1 Å². The molecule has 2 aliphatic rings. The van der Waals surface area contributed by atoms with Crippen LogP contribution in [-0.4, -0.2) is 38.1 Å². The molecule has 2 nitrogen and oxygen atoms in total. The van der Waals surface area contributed by atoms with Crippen molar-refractivity contribution in [3.05, 3.63) is 0 Å². The summed E-state index contributed by atoms with van der Waals surface area (Å²) in [6, 6.07) is 0. The minimum Gasteiger partial charge on any atom is -0.316 e. The molecule has 0 amide bonds. The maximum absolute atomic E-state index is 3.59. The van der Waals surface area contributed by atoms with Gasteiger partial charge >= 0.3 is 0 Å². The molecule has 0 atom stereocenters. The van der Waals surface area contributed by atoms with E-state index in [-0.39, 0.29) is 0 Å². The van der Waals surface area contributed by atoms with E-state index in [0.717, 1.165) is 11.8 Å². The van der Waals surface area contributed by atoms with Crippen LogP contribution < -0.4 is 5.32 Å². The number of nitrogens with one attached hydrogen (secondary N) is 1.